The van der Waals surface area contributed by atoms with Gasteiger partial charge in [-0.25, -0.2) is 9.67 Å². The van der Waals surface area contributed by atoms with Gasteiger partial charge in [-0.1, -0.05) is 48.5 Å². The summed E-state index contributed by atoms with van der Waals surface area (Å²) in [5.74, 6) is 0.127. The van der Waals surface area contributed by atoms with Gasteiger partial charge in [0.1, 0.15) is 0 Å². The van der Waals surface area contributed by atoms with Gasteiger partial charge < -0.3 is 0 Å². The summed E-state index contributed by atoms with van der Waals surface area (Å²) < 4.78 is 1.49. The lowest BCUT2D eigenvalue weighted by Gasteiger charge is -2.23. The number of fused-ring (bicyclic) bond motifs is 3. The SMILES string of the molecule is O=C1C[C@@H](c2ccccc2)Cc2c1cnc1[nH]n(-c3ccccc3)c(=O)c21. The first kappa shape index (κ1) is 15.8. The van der Waals surface area contributed by atoms with Crippen LogP contribution in [0.1, 0.15) is 33.8 Å². The van der Waals surface area contributed by atoms with Gasteiger partial charge in [0.25, 0.3) is 5.56 Å². The van der Waals surface area contributed by atoms with Gasteiger partial charge in [-0.15, -0.1) is 0 Å². The maximum Gasteiger partial charge on any atom is 0.281 e. The number of Topliss-reactive ketones (excluding diaryl/α,β-unsaturated/α-hetero) is 1. The third-order valence-corrected chi connectivity index (χ3v) is 5.29. The van der Waals surface area contributed by atoms with Crippen LogP contribution in [-0.4, -0.2) is 20.5 Å². The molecule has 4 aromatic rings. The highest BCUT2D eigenvalue weighted by Gasteiger charge is 2.30. The number of aromatic amines is 1. The first-order chi connectivity index (χ1) is 13.2. The fourth-order valence-electron chi connectivity index (χ4n) is 3.96. The van der Waals surface area contributed by atoms with Gasteiger partial charge in [-0.05, 0) is 35.6 Å². The molecule has 1 atom stereocenters. The number of benzene rings is 2. The van der Waals surface area contributed by atoms with Gasteiger partial charge >= 0.3 is 0 Å². The normalized spacial score (nSPS) is 16.4. The Bertz CT molecular complexity index is 1210. The maximum atomic E-state index is 13.1. The van der Waals surface area contributed by atoms with Gasteiger partial charge in [-0.2, -0.15) is 0 Å². The Morgan fingerprint density at radius 3 is 2.37 bits per heavy atom. The first-order valence-corrected chi connectivity index (χ1v) is 8.98. The van der Waals surface area contributed by atoms with E-state index in [9.17, 15) is 9.59 Å². The number of rotatable bonds is 2. The molecule has 0 spiro atoms. The highest BCUT2D eigenvalue weighted by atomic mass is 16.1. The molecule has 0 bridgehead atoms. The van der Waals surface area contributed by atoms with Crippen molar-refractivity contribution in [3.63, 3.8) is 0 Å². The summed E-state index contributed by atoms with van der Waals surface area (Å²) in [6, 6.07) is 19.4. The third-order valence-electron chi connectivity index (χ3n) is 5.29. The topological polar surface area (TPSA) is 67.8 Å². The van der Waals surface area contributed by atoms with Crippen LogP contribution in [0.5, 0.6) is 0 Å². The molecule has 27 heavy (non-hydrogen) atoms. The van der Waals surface area contributed by atoms with Crippen molar-refractivity contribution in [2.75, 3.05) is 0 Å². The molecule has 1 aliphatic rings. The van der Waals surface area contributed by atoms with Crippen LogP contribution in [0, 0.1) is 0 Å². The van der Waals surface area contributed by atoms with E-state index < -0.39 is 0 Å². The number of aromatic nitrogens is 3. The number of para-hydroxylation sites is 1. The summed E-state index contributed by atoms with van der Waals surface area (Å²) in [5.41, 5.74) is 3.61. The van der Waals surface area contributed by atoms with E-state index in [0.29, 0.717) is 29.4 Å². The van der Waals surface area contributed by atoms with Crippen molar-refractivity contribution in [3.8, 4) is 5.69 Å². The zero-order valence-electron chi connectivity index (χ0n) is 14.6. The van der Waals surface area contributed by atoms with Crippen molar-refractivity contribution in [2.45, 2.75) is 18.8 Å². The van der Waals surface area contributed by atoms with Crippen molar-refractivity contribution < 1.29 is 4.79 Å². The molecule has 5 nitrogen and oxygen atoms in total. The van der Waals surface area contributed by atoms with Gasteiger partial charge in [0.05, 0.1) is 11.1 Å². The molecule has 0 aliphatic heterocycles. The number of pyridine rings is 1. The standard InChI is InChI=1S/C22H17N3O2/c26-19-12-15(14-7-3-1-4-8-14)11-17-18(19)13-23-21-20(17)22(27)25(24-21)16-9-5-2-6-10-16/h1-10,13,15H,11-12H2,(H,23,24)/t15-/m0/s1. The van der Waals surface area contributed by atoms with Gasteiger partial charge in [0, 0.05) is 18.2 Å². The van der Waals surface area contributed by atoms with E-state index in [1.807, 2.05) is 60.7 Å². The molecular weight excluding hydrogens is 338 g/mol. The number of carbonyl (C=O) groups is 1. The summed E-state index contributed by atoms with van der Waals surface area (Å²) in [7, 11) is 0. The number of hydrogen-bond donors (Lipinski definition) is 1. The molecular formula is C22H17N3O2. The minimum Gasteiger partial charge on any atom is -0.294 e. The molecule has 2 aromatic heterocycles. The Hall–Kier alpha value is -3.47. The third kappa shape index (κ3) is 2.51. The lowest BCUT2D eigenvalue weighted by Crippen LogP contribution is -2.22. The molecule has 0 amide bonds. The second kappa shape index (κ2) is 6.06. The van der Waals surface area contributed by atoms with Crippen LogP contribution in [0.15, 0.2) is 71.7 Å². The van der Waals surface area contributed by atoms with Crippen molar-refractivity contribution in [1.82, 2.24) is 14.8 Å². The summed E-state index contributed by atoms with van der Waals surface area (Å²) >= 11 is 0. The number of carbonyl (C=O) groups excluding carboxylic acids is 1. The van der Waals surface area contributed by atoms with E-state index in [1.165, 1.54) is 4.68 Å². The van der Waals surface area contributed by atoms with Crippen molar-refractivity contribution in [1.29, 1.82) is 0 Å². The predicted molar refractivity (Wildman–Crippen MR) is 104 cm³/mol. The highest BCUT2D eigenvalue weighted by Crippen LogP contribution is 2.34. The number of nitrogens with one attached hydrogen (secondary N) is 1. The zero-order valence-corrected chi connectivity index (χ0v) is 14.6. The fourth-order valence-corrected chi connectivity index (χ4v) is 3.96. The van der Waals surface area contributed by atoms with E-state index in [0.717, 1.165) is 16.8 Å². The number of H-pyrrole nitrogens is 1. The van der Waals surface area contributed by atoms with Crippen LogP contribution >= 0.6 is 0 Å². The van der Waals surface area contributed by atoms with Crippen LogP contribution in [0.25, 0.3) is 16.7 Å². The van der Waals surface area contributed by atoms with Gasteiger partial charge in [0.15, 0.2) is 11.4 Å². The molecule has 0 saturated heterocycles. The number of ketones is 1. The number of hydrogen-bond acceptors (Lipinski definition) is 3. The zero-order chi connectivity index (χ0) is 18.4. The Balaban J connectivity index is 1.70. The Kier molecular flexibility index (Phi) is 3.53. The van der Waals surface area contributed by atoms with Crippen molar-refractivity contribution in [2.24, 2.45) is 0 Å². The summed E-state index contributed by atoms with van der Waals surface area (Å²) in [6.07, 6.45) is 2.71. The Labute approximate surface area is 155 Å². The lowest BCUT2D eigenvalue weighted by molar-refractivity contribution is 0.0964. The average molecular weight is 355 g/mol. The van der Waals surface area contributed by atoms with Gasteiger partial charge in [-0.3, -0.25) is 14.7 Å². The molecule has 1 aliphatic carbocycles. The van der Waals surface area contributed by atoms with E-state index >= 15 is 0 Å². The molecule has 5 heteroatoms. The minimum atomic E-state index is -0.165. The van der Waals surface area contributed by atoms with Crippen LogP contribution in [0.2, 0.25) is 0 Å². The lowest BCUT2D eigenvalue weighted by atomic mass is 9.79. The van der Waals surface area contributed by atoms with Crippen LogP contribution in [0.4, 0.5) is 0 Å². The van der Waals surface area contributed by atoms with Gasteiger partial charge in [0.2, 0.25) is 0 Å². The maximum absolute atomic E-state index is 13.1. The van der Waals surface area contributed by atoms with Crippen molar-refractivity contribution >= 4 is 16.8 Å². The van der Waals surface area contributed by atoms with Crippen LogP contribution in [0.3, 0.4) is 0 Å². The molecule has 0 radical (unpaired) electrons. The Morgan fingerprint density at radius 2 is 1.63 bits per heavy atom. The van der Waals surface area contributed by atoms with Crippen molar-refractivity contribution in [3.05, 3.63) is 93.9 Å². The smallest absolute Gasteiger partial charge is 0.281 e. The fraction of sp³-hybridized carbons (Fsp3) is 0.136. The molecule has 0 saturated carbocycles. The van der Waals surface area contributed by atoms with E-state index in [2.05, 4.69) is 10.1 Å². The highest BCUT2D eigenvalue weighted by molar-refractivity contribution is 6.02. The largest absolute Gasteiger partial charge is 0.294 e. The molecule has 2 heterocycles. The predicted octanol–water partition coefficient (Wildman–Crippen LogP) is 3.63. The summed E-state index contributed by atoms with van der Waals surface area (Å²) in [5, 5.41) is 3.60. The molecule has 132 valence electrons. The molecule has 5 rings (SSSR count). The molecule has 1 N–H and O–H groups in total. The summed E-state index contributed by atoms with van der Waals surface area (Å²) in [6.45, 7) is 0. The number of nitrogens with zero attached hydrogens (tertiary/aromatic N) is 2. The second-order valence-electron chi connectivity index (χ2n) is 6.90. The molecule has 2 aromatic carbocycles. The molecule has 0 unspecified atom stereocenters. The van der Waals surface area contributed by atoms with E-state index in [4.69, 9.17) is 0 Å². The first-order valence-electron chi connectivity index (χ1n) is 8.98. The summed E-state index contributed by atoms with van der Waals surface area (Å²) in [4.78, 5) is 30.2. The van der Waals surface area contributed by atoms with Crippen LogP contribution in [-0.2, 0) is 6.42 Å². The average Bonchev–Trinajstić information content (AvgIpc) is 3.06. The monoisotopic (exact) mass is 355 g/mol. The Morgan fingerprint density at radius 1 is 0.926 bits per heavy atom. The second-order valence-corrected chi connectivity index (χ2v) is 6.90. The van der Waals surface area contributed by atoms with E-state index in [1.54, 1.807) is 6.20 Å². The quantitative estimate of drug-likeness (QED) is 0.597. The van der Waals surface area contributed by atoms with Crippen LogP contribution < -0.4 is 5.56 Å². The molecule has 0 fully saturated rings. The minimum absolute atomic E-state index is 0.0476. The van der Waals surface area contributed by atoms with E-state index in [-0.39, 0.29) is 17.3 Å².